The molecule has 0 aromatic carbocycles. The molecule has 5 heteroatoms. The molecule has 0 spiro atoms. The number of carbonyl (C=O) groups is 1. The van der Waals surface area contributed by atoms with Crippen LogP contribution in [0.3, 0.4) is 0 Å². The minimum absolute atomic E-state index is 0.307. The molecular weight excluding hydrogens is 254 g/mol. The Labute approximate surface area is 123 Å². The lowest BCUT2D eigenvalue weighted by Crippen LogP contribution is -2.36. The number of alkyl carbamates (subject to hydrolysis) is 1. The Hall–Kier alpha value is -0.810. The van der Waals surface area contributed by atoms with Crippen LogP contribution in [-0.2, 0) is 4.74 Å². The lowest BCUT2D eigenvalue weighted by molar-refractivity contribution is 0.0519. The highest BCUT2D eigenvalue weighted by Gasteiger charge is 2.23. The molecule has 1 rings (SSSR count). The first kappa shape index (κ1) is 17.2. The Morgan fingerprint density at radius 1 is 1.35 bits per heavy atom. The van der Waals surface area contributed by atoms with Gasteiger partial charge in [-0.25, -0.2) is 4.79 Å². The van der Waals surface area contributed by atoms with Crippen molar-refractivity contribution in [1.82, 2.24) is 10.2 Å². The molecule has 1 amide bonds. The van der Waals surface area contributed by atoms with E-state index in [1.54, 1.807) is 0 Å². The molecule has 1 aliphatic rings. The Kier molecular flexibility index (Phi) is 7.30. The summed E-state index contributed by atoms with van der Waals surface area (Å²) in [4.78, 5) is 14.1. The molecule has 1 heterocycles. The number of ether oxygens (including phenoxy) is 1. The van der Waals surface area contributed by atoms with Crippen LogP contribution in [0.15, 0.2) is 0 Å². The van der Waals surface area contributed by atoms with Crippen LogP contribution in [0.25, 0.3) is 0 Å². The minimum Gasteiger partial charge on any atom is -0.444 e. The number of likely N-dealkylation sites (tertiary alicyclic amines) is 1. The zero-order valence-electron chi connectivity index (χ0n) is 13.3. The molecular formula is C15H31N3O2. The number of rotatable bonds is 7. The number of hydrogen-bond donors (Lipinski definition) is 2. The van der Waals surface area contributed by atoms with Crippen molar-refractivity contribution in [3.05, 3.63) is 0 Å². The maximum Gasteiger partial charge on any atom is 0.407 e. The standard InChI is InChI=1S/C15H31N3O2/c1-15(2,3)20-14(19)17-11-13-7-10-18(12-13)9-6-4-5-8-16/h13H,4-12,16H2,1-3H3,(H,17,19). The molecule has 20 heavy (non-hydrogen) atoms. The van der Waals surface area contributed by atoms with Crippen LogP contribution < -0.4 is 11.1 Å². The first-order chi connectivity index (χ1) is 9.40. The maximum absolute atomic E-state index is 11.6. The SMILES string of the molecule is CC(C)(C)OC(=O)NCC1CCN(CCCCCN)C1. The highest BCUT2D eigenvalue weighted by atomic mass is 16.6. The summed E-state index contributed by atoms with van der Waals surface area (Å²) in [6, 6.07) is 0. The minimum atomic E-state index is -0.422. The summed E-state index contributed by atoms with van der Waals surface area (Å²) in [6.45, 7) is 10.5. The Bertz CT molecular complexity index is 289. The first-order valence-electron chi connectivity index (χ1n) is 7.80. The molecule has 0 aliphatic carbocycles. The van der Waals surface area contributed by atoms with Crippen molar-refractivity contribution < 1.29 is 9.53 Å². The van der Waals surface area contributed by atoms with E-state index in [1.165, 1.54) is 12.8 Å². The third kappa shape index (κ3) is 7.70. The average Bonchev–Trinajstić information content (AvgIpc) is 2.78. The van der Waals surface area contributed by atoms with Crippen LogP contribution >= 0.6 is 0 Å². The van der Waals surface area contributed by atoms with Gasteiger partial charge in [0.25, 0.3) is 0 Å². The monoisotopic (exact) mass is 285 g/mol. The van der Waals surface area contributed by atoms with E-state index in [-0.39, 0.29) is 6.09 Å². The van der Waals surface area contributed by atoms with Crippen LogP contribution in [0.5, 0.6) is 0 Å². The highest BCUT2D eigenvalue weighted by molar-refractivity contribution is 5.67. The van der Waals surface area contributed by atoms with Crippen molar-refractivity contribution in [3.8, 4) is 0 Å². The fourth-order valence-corrected chi connectivity index (χ4v) is 2.48. The molecule has 118 valence electrons. The molecule has 0 aromatic heterocycles. The third-order valence-electron chi connectivity index (χ3n) is 3.48. The summed E-state index contributed by atoms with van der Waals surface area (Å²) >= 11 is 0. The third-order valence-corrected chi connectivity index (χ3v) is 3.48. The van der Waals surface area contributed by atoms with Gasteiger partial charge in [-0.15, -0.1) is 0 Å². The van der Waals surface area contributed by atoms with Crippen LogP contribution in [0, 0.1) is 5.92 Å². The molecule has 1 unspecified atom stereocenters. The van der Waals surface area contributed by atoms with E-state index in [1.807, 2.05) is 20.8 Å². The van der Waals surface area contributed by atoms with E-state index in [4.69, 9.17) is 10.5 Å². The summed E-state index contributed by atoms with van der Waals surface area (Å²) in [5.41, 5.74) is 5.07. The van der Waals surface area contributed by atoms with Crippen LogP contribution in [0.2, 0.25) is 0 Å². The van der Waals surface area contributed by atoms with Crippen molar-refractivity contribution in [1.29, 1.82) is 0 Å². The highest BCUT2D eigenvalue weighted by Crippen LogP contribution is 2.16. The van der Waals surface area contributed by atoms with Crippen molar-refractivity contribution in [2.75, 3.05) is 32.7 Å². The first-order valence-corrected chi connectivity index (χ1v) is 7.80. The lowest BCUT2D eigenvalue weighted by atomic mass is 10.1. The number of nitrogens with two attached hydrogens (primary N) is 1. The zero-order chi connectivity index (χ0) is 15.0. The van der Waals surface area contributed by atoms with Gasteiger partial charge in [-0.1, -0.05) is 6.42 Å². The topological polar surface area (TPSA) is 67.6 Å². The number of carbonyl (C=O) groups excluding carboxylic acids is 1. The van der Waals surface area contributed by atoms with Crippen molar-refractivity contribution in [3.63, 3.8) is 0 Å². The second-order valence-corrected chi connectivity index (χ2v) is 6.69. The Morgan fingerprint density at radius 2 is 2.10 bits per heavy atom. The number of amides is 1. The van der Waals surface area contributed by atoms with E-state index in [9.17, 15) is 4.79 Å². The van der Waals surface area contributed by atoms with Gasteiger partial charge in [0.05, 0.1) is 0 Å². The summed E-state index contributed by atoms with van der Waals surface area (Å²) in [5, 5.41) is 2.87. The molecule has 1 fully saturated rings. The van der Waals surface area contributed by atoms with E-state index in [0.29, 0.717) is 12.5 Å². The smallest absolute Gasteiger partial charge is 0.407 e. The van der Waals surface area contributed by atoms with Gasteiger partial charge in [0, 0.05) is 13.1 Å². The molecule has 1 aliphatic heterocycles. The second kappa shape index (κ2) is 8.47. The molecule has 5 nitrogen and oxygen atoms in total. The van der Waals surface area contributed by atoms with Gasteiger partial charge in [0.15, 0.2) is 0 Å². The van der Waals surface area contributed by atoms with Gasteiger partial charge in [-0.05, 0) is 65.6 Å². The quantitative estimate of drug-likeness (QED) is 0.702. The van der Waals surface area contributed by atoms with Crippen LogP contribution in [0.4, 0.5) is 4.79 Å². The molecule has 0 radical (unpaired) electrons. The van der Waals surface area contributed by atoms with Gasteiger partial charge in [-0.2, -0.15) is 0 Å². The van der Waals surface area contributed by atoms with Gasteiger partial charge < -0.3 is 20.7 Å². The zero-order valence-corrected chi connectivity index (χ0v) is 13.3. The predicted molar refractivity (Wildman–Crippen MR) is 81.7 cm³/mol. The van der Waals surface area contributed by atoms with Gasteiger partial charge in [0.2, 0.25) is 0 Å². The molecule has 0 aromatic rings. The number of hydrogen-bond acceptors (Lipinski definition) is 4. The summed E-state index contributed by atoms with van der Waals surface area (Å²) in [5.74, 6) is 0.553. The fraction of sp³-hybridized carbons (Fsp3) is 0.933. The summed E-state index contributed by atoms with van der Waals surface area (Å²) in [7, 11) is 0. The molecule has 3 N–H and O–H groups in total. The summed E-state index contributed by atoms with van der Waals surface area (Å²) < 4.78 is 5.24. The number of unbranched alkanes of at least 4 members (excludes halogenated alkanes) is 2. The summed E-state index contributed by atoms with van der Waals surface area (Å²) in [6.07, 6.45) is 4.42. The van der Waals surface area contributed by atoms with E-state index < -0.39 is 5.60 Å². The number of nitrogens with zero attached hydrogens (tertiary/aromatic N) is 1. The van der Waals surface area contributed by atoms with Crippen molar-refractivity contribution in [2.45, 2.75) is 52.1 Å². The van der Waals surface area contributed by atoms with Crippen LogP contribution in [0.1, 0.15) is 46.5 Å². The average molecular weight is 285 g/mol. The molecule has 1 atom stereocenters. The predicted octanol–water partition coefficient (Wildman–Crippen LogP) is 1.96. The largest absolute Gasteiger partial charge is 0.444 e. The molecule has 1 saturated heterocycles. The van der Waals surface area contributed by atoms with Crippen LogP contribution in [-0.4, -0.2) is 49.3 Å². The normalized spacial score (nSPS) is 20.1. The molecule has 0 saturated carbocycles. The lowest BCUT2D eigenvalue weighted by Gasteiger charge is -2.21. The van der Waals surface area contributed by atoms with Gasteiger partial charge in [0.1, 0.15) is 5.60 Å². The second-order valence-electron chi connectivity index (χ2n) is 6.69. The van der Waals surface area contributed by atoms with E-state index in [0.717, 1.165) is 39.0 Å². The van der Waals surface area contributed by atoms with Crippen molar-refractivity contribution in [2.24, 2.45) is 11.7 Å². The Balaban J connectivity index is 2.10. The fourth-order valence-electron chi connectivity index (χ4n) is 2.48. The van der Waals surface area contributed by atoms with E-state index >= 15 is 0 Å². The molecule has 0 bridgehead atoms. The number of nitrogens with one attached hydrogen (secondary N) is 1. The maximum atomic E-state index is 11.6. The van der Waals surface area contributed by atoms with E-state index in [2.05, 4.69) is 10.2 Å². The van der Waals surface area contributed by atoms with Crippen molar-refractivity contribution >= 4 is 6.09 Å². The Morgan fingerprint density at radius 3 is 2.75 bits per heavy atom. The van der Waals surface area contributed by atoms with Gasteiger partial charge >= 0.3 is 6.09 Å². The van der Waals surface area contributed by atoms with Gasteiger partial charge in [-0.3, -0.25) is 0 Å².